The molecule has 1 unspecified atom stereocenters. The zero-order chi connectivity index (χ0) is 34.6. The zero-order valence-corrected chi connectivity index (χ0v) is 29.0. The summed E-state index contributed by atoms with van der Waals surface area (Å²) in [6.07, 6.45) is 4.85. The van der Waals surface area contributed by atoms with E-state index in [1.165, 1.54) is 17.6 Å². The van der Waals surface area contributed by atoms with Gasteiger partial charge in [0.05, 0.1) is 27.5 Å². The number of carbonyl (C=O) groups excluding carboxylic acids is 1. The van der Waals surface area contributed by atoms with E-state index in [2.05, 4.69) is 17.6 Å². The molecule has 5 rings (SSSR count). The maximum Gasteiger partial charge on any atom is 0.272 e. The van der Waals surface area contributed by atoms with Crippen LogP contribution in [0.4, 0.5) is 10.1 Å². The third-order valence-electron chi connectivity index (χ3n) is 8.94. The Bertz CT molecular complexity index is 1960. The van der Waals surface area contributed by atoms with Gasteiger partial charge in [-0.05, 0) is 44.4 Å². The Balaban J connectivity index is 1.91. The van der Waals surface area contributed by atoms with Crippen LogP contribution >= 0.6 is 34.8 Å². The molecule has 2 aromatic heterocycles. The Morgan fingerprint density at radius 2 is 1.83 bits per heavy atom. The summed E-state index contributed by atoms with van der Waals surface area (Å²) in [5, 5.41) is 21.1. The lowest BCUT2D eigenvalue weighted by atomic mass is 9.88. The largest absolute Gasteiger partial charge is 0.506 e. The van der Waals surface area contributed by atoms with Crippen LogP contribution in [0.15, 0.2) is 40.8 Å². The molecule has 47 heavy (non-hydrogen) atoms. The van der Waals surface area contributed by atoms with Crippen molar-refractivity contribution in [2.24, 2.45) is 16.8 Å². The van der Waals surface area contributed by atoms with E-state index in [9.17, 15) is 24.3 Å². The number of hydrogen-bond donors (Lipinski definition) is 1. The molecule has 4 heterocycles. The minimum atomic E-state index is -0.986. The van der Waals surface area contributed by atoms with Gasteiger partial charge in [0, 0.05) is 54.0 Å². The van der Waals surface area contributed by atoms with E-state index in [4.69, 9.17) is 39.8 Å². The van der Waals surface area contributed by atoms with Gasteiger partial charge in [-0.25, -0.2) is 9.37 Å². The second-order valence-corrected chi connectivity index (χ2v) is 13.6. The number of piperazine rings is 1. The number of hydrogen-bond acceptors (Lipinski definition) is 7. The van der Waals surface area contributed by atoms with Crippen LogP contribution in [0.5, 0.6) is 5.75 Å². The molecule has 246 valence electrons. The number of fused-ring (bicyclic) bond motifs is 1. The predicted molar refractivity (Wildman–Crippen MR) is 185 cm³/mol. The number of nitrogens with zero attached hydrogens (tertiary/aromatic N) is 6. The van der Waals surface area contributed by atoms with Crippen molar-refractivity contribution in [1.82, 2.24) is 14.5 Å². The minimum absolute atomic E-state index is 0.00587. The first-order chi connectivity index (χ1) is 22.2. The summed E-state index contributed by atoms with van der Waals surface area (Å²) in [5.74, 6) is -2.09. The van der Waals surface area contributed by atoms with E-state index in [0.717, 1.165) is 0 Å². The summed E-state index contributed by atoms with van der Waals surface area (Å²) >= 11 is 19.3. The zero-order valence-electron chi connectivity index (χ0n) is 26.8. The number of allylic oxidation sites excluding steroid dienone is 1. The number of amides is 1. The van der Waals surface area contributed by atoms with Gasteiger partial charge in [0.25, 0.3) is 5.56 Å². The molecule has 2 aliphatic heterocycles. The summed E-state index contributed by atoms with van der Waals surface area (Å²) in [5.41, 5.74) is 0.686. The Morgan fingerprint density at radius 3 is 2.40 bits per heavy atom. The molecule has 2 aliphatic rings. The van der Waals surface area contributed by atoms with Gasteiger partial charge in [0.1, 0.15) is 28.1 Å². The van der Waals surface area contributed by atoms with Crippen molar-refractivity contribution >= 4 is 63.1 Å². The molecular formula is C34H34Cl3FN6O3. The molecular weight excluding hydrogens is 666 g/mol. The Morgan fingerprint density at radius 1 is 1.19 bits per heavy atom. The van der Waals surface area contributed by atoms with E-state index in [-0.39, 0.29) is 67.9 Å². The standard InChI is InChI=1S/C34H34Cl3FN6O3/c1-8-23(45)43-17(5)13-42(14-18(43)6)31-20-11-22(35)29(24-19(7)25(36)27(38)26(37)32(24)46)41-33(20)44(34(47)21(31)12-39)30-16(4)9-10-40-28(30)15(2)3/h8-11,15-18,30,46H,1,13-14H2,2-7H3/t16-,17-,18+,30?/m1/s1. The molecule has 1 saturated heterocycles. The molecule has 0 saturated carbocycles. The Labute approximate surface area is 287 Å². The first kappa shape index (κ1) is 34.4. The second-order valence-electron chi connectivity index (χ2n) is 12.4. The van der Waals surface area contributed by atoms with Gasteiger partial charge in [-0.15, -0.1) is 0 Å². The highest BCUT2D eigenvalue weighted by Crippen LogP contribution is 2.47. The molecule has 9 nitrogen and oxygen atoms in total. The maximum atomic E-state index is 14.7. The molecule has 0 bridgehead atoms. The lowest BCUT2D eigenvalue weighted by molar-refractivity contribution is -0.130. The fourth-order valence-electron chi connectivity index (χ4n) is 6.82. The highest BCUT2D eigenvalue weighted by molar-refractivity contribution is 6.38. The van der Waals surface area contributed by atoms with Crippen molar-refractivity contribution in [2.75, 3.05) is 18.0 Å². The topological polar surface area (TPSA) is 115 Å². The SMILES string of the molecule is C=CC(=O)N1[C@H](C)CN(c2c(C#N)c(=O)n(C3C(C(C)C)=NC=C[C@H]3C)c3nc(-c4c(C)c(Cl)c(F)c(Cl)c4O)c(Cl)cc23)C[C@@H]1C. The number of aromatic hydroxyl groups is 1. The lowest BCUT2D eigenvalue weighted by Gasteiger charge is -2.45. The number of aliphatic imine (C=N–C) groups is 1. The fraction of sp³-hybridized carbons (Fsp3) is 0.382. The van der Waals surface area contributed by atoms with Crippen molar-refractivity contribution in [3.8, 4) is 23.1 Å². The number of anilines is 1. The quantitative estimate of drug-likeness (QED) is 0.218. The van der Waals surface area contributed by atoms with Gasteiger partial charge >= 0.3 is 0 Å². The van der Waals surface area contributed by atoms with Crippen LogP contribution < -0.4 is 10.5 Å². The second kappa shape index (κ2) is 12.9. The number of aromatic nitrogens is 2. The molecule has 0 radical (unpaired) electrons. The average molecular weight is 700 g/mol. The Kier molecular flexibility index (Phi) is 9.48. The van der Waals surface area contributed by atoms with Crippen LogP contribution in [0, 0.1) is 35.9 Å². The smallest absolute Gasteiger partial charge is 0.272 e. The molecule has 0 aliphatic carbocycles. The third-order valence-corrected chi connectivity index (χ3v) is 10.0. The van der Waals surface area contributed by atoms with E-state index in [1.54, 1.807) is 17.2 Å². The van der Waals surface area contributed by atoms with Crippen molar-refractivity contribution in [3.63, 3.8) is 0 Å². The Hall–Kier alpha value is -3.91. The predicted octanol–water partition coefficient (Wildman–Crippen LogP) is 7.46. The normalized spacial score (nSPS) is 21.3. The van der Waals surface area contributed by atoms with Crippen molar-refractivity contribution < 1.29 is 14.3 Å². The highest BCUT2D eigenvalue weighted by Gasteiger charge is 2.37. The van der Waals surface area contributed by atoms with Crippen molar-refractivity contribution in [2.45, 2.75) is 59.7 Å². The third kappa shape index (κ3) is 5.58. The summed E-state index contributed by atoms with van der Waals surface area (Å²) in [6, 6.07) is 2.54. The van der Waals surface area contributed by atoms with Crippen LogP contribution in [0.2, 0.25) is 15.1 Å². The minimum Gasteiger partial charge on any atom is -0.506 e. The van der Waals surface area contributed by atoms with Gasteiger partial charge < -0.3 is 14.9 Å². The monoisotopic (exact) mass is 698 g/mol. The number of benzene rings is 1. The van der Waals surface area contributed by atoms with Gasteiger partial charge in [0.15, 0.2) is 5.82 Å². The number of nitriles is 1. The fourth-order valence-corrected chi connectivity index (χ4v) is 7.50. The van der Waals surface area contributed by atoms with Crippen LogP contribution in [-0.2, 0) is 4.79 Å². The summed E-state index contributed by atoms with van der Waals surface area (Å²) < 4.78 is 16.2. The molecule has 1 fully saturated rings. The molecule has 1 amide bonds. The molecule has 4 atom stereocenters. The van der Waals surface area contributed by atoms with E-state index < -0.39 is 28.2 Å². The summed E-state index contributed by atoms with van der Waals surface area (Å²) in [7, 11) is 0. The van der Waals surface area contributed by atoms with Crippen LogP contribution in [-0.4, -0.2) is 56.3 Å². The van der Waals surface area contributed by atoms with Gasteiger partial charge in [-0.1, -0.05) is 68.2 Å². The van der Waals surface area contributed by atoms with Gasteiger partial charge in [-0.2, -0.15) is 5.26 Å². The number of halogens is 4. The first-order valence-corrected chi connectivity index (χ1v) is 16.3. The molecule has 1 aromatic carbocycles. The van der Waals surface area contributed by atoms with E-state index in [1.807, 2.05) is 45.6 Å². The summed E-state index contributed by atoms with van der Waals surface area (Å²) in [6.45, 7) is 15.4. The van der Waals surface area contributed by atoms with Gasteiger partial charge in [-0.3, -0.25) is 19.1 Å². The van der Waals surface area contributed by atoms with Crippen LogP contribution in [0.1, 0.15) is 51.8 Å². The lowest BCUT2D eigenvalue weighted by Crippen LogP contribution is -2.58. The number of pyridine rings is 2. The van der Waals surface area contributed by atoms with Crippen LogP contribution in [0.25, 0.3) is 22.3 Å². The number of phenolic OH excluding ortho intramolecular Hbond substituents is 1. The number of rotatable bonds is 5. The maximum absolute atomic E-state index is 14.7. The number of phenols is 1. The van der Waals surface area contributed by atoms with Crippen LogP contribution in [0.3, 0.4) is 0 Å². The molecule has 1 N–H and O–H groups in total. The highest BCUT2D eigenvalue weighted by atomic mass is 35.5. The van der Waals surface area contributed by atoms with Crippen molar-refractivity contribution in [3.05, 3.63) is 73.4 Å². The van der Waals surface area contributed by atoms with Crippen molar-refractivity contribution in [1.29, 1.82) is 5.26 Å². The van der Waals surface area contributed by atoms with E-state index >= 15 is 0 Å². The molecule has 0 spiro atoms. The number of carbonyl (C=O) groups is 1. The summed E-state index contributed by atoms with van der Waals surface area (Å²) in [4.78, 5) is 40.5. The molecule has 13 heteroatoms. The average Bonchev–Trinajstić information content (AvgIpc) is 3.02. The van der Waals surface area contributed by atoms with E-state index in [0.29, 0.717) is 29.9 Å². The molecule has 3 aromatic rings. The van der Waals surface area contributed by atoms with Gasteiger partial charge in [0.2, 0.25) is 5.91 Å². The first-order valence-electron chi connectivity index (χ1n) is 15.1.